The normalized spacial score (nSPS) is 16.6. The predicted molar refractivity (Wildman–Crippen MR) is 109 cm³/mol. The van der Waals surface area contributed by atoms with Gasteiger partial charge in [-0.1, -0.05) is 24.3 Å². The number of rotatable bonds is 5. The third-order valence-electron chi connectivity index (χ3n) is 4.57. The van der Waals surface area contributed by atoms with Gasteiger partial charge in [-0.2, -0.15) is 4.98 Å². The first-order chi connectivity index (χ1) is 14.1. The fraction of sp³-hybridized carbons (Fsp3) is 0.250. The molecule has 1 saturated heterocycles. The van der Waals surface area contributed by atoms with Gasteiger partial charge in [0.25, 0.3) is 11.8 Å². The number of carbonyl (C=O) groups excluding carboxylic acids is 1. The fourth-order valence-electron chi connectivity index (χ4n) is 3.12. The van der Waals surface area contributed by atoms with Crippen LogP contribution in [0.15, 0.2) is 47.8 Å². The number of carbonyl (C=O) groups is 1. The summed E-state index contributed by atoms with van der Waals surface area (Å²) in [5.41, 5.74) is 0.836. The maximum Gasteiger partial charge on any atom is 0.274 e. The number of nitrogens with one attached hydrogen (secondary N) is 1. The zero-order valence-corrected chi connectivity index (χ0v) is 16.3. The van der Waals surface area contributed by atoms with Gasteiger partial charge in [-0.3, -0.25) is 4.79 Å². The summed E-state index contributed by atoms with van der Waals surface area (Å²) < 4.78 is 5.75. The van der Waals surface area contributed by atoms with E-state index in [-0.39, 0.29) is 24.2 Å². The summed E-state index contributed by atoms with van der Waals surface area (Å²) >= 11 is 1.37. The van der Waals surface area contributed by atoms with Gasteiger partial charge in [0.2, 0.25) is 5.75 Å². The van der Waals surface area contributed by atoms with Crippen LogP contribution in [0.25, 0.3) is 10.7 Å². The van der Waals surface area contributed by atoms with E-state index < -0.39 is 17.5 Å². The van der Waals surface area contributed by atoms with Crippen molar-refractivity contribution in [2.24, 2.45) is 0 Å². The first-order valence-electron chi connectivity index (χ1n) is 9.15. The maximum atomic E-state index is 12.6. The Kier molecular flexibility index (Phi) is 5.59. The number of anilines is 1. The molecule has 3 heterocycles. The van der Waals surface area contributed by atoms with E-state index in [9.17, 15) is 15.0 Å². The molecule has 1 aromatic carbocycles. The highest BCUT2D eigenvalue weighted by Gasteiger charge is 2.24. The number of aromatic nitrogens is 2. The number of para-hydroxylation sites is 1. The highest BCUT2D eigenvalue weighted by atomic mass is 32.1. The molecule has 0 aliphatic carbocycles. The Balaban J connectivity index is 1.43. The second-order valence-electron chi connectivity index (χ2n) is 6.53. The number of benzene rings is 1. The molecule has 29 heavy (non-hydrogen) atoms. The van der Waals surface area contributed by atoms with Gasteiger partial charge in [0.05, 0.1) is 17.6 Å². The number of aromatic hydroxyl groups is 2. The van der Waals surface area contributed by atoms with Crippen molar-refractivity contribution in [2.45, 2.75) is 6.10 Å². The van der Waals surface area contributed by atoms with E-state index >= 15 is 0 Å². The van der Waals surface area contributed by atoms with Crippen LogP contribution in [0, 0.1) is 0 Å². The molecule has 0 radical (unpaired) electrons. The van der Waals surface area contributed by atoms with E-state index in [0.717, 1.165) is 12.2 Å². The van der Waals surface area contributed by atoms with Crippen molar-refractivity contribution >= 4 is 22.9 Å². The van der Waals surface area contributed by atoms with Gasteiger partial charge >= 0.3 is 0 Å². The lowest BCUT2D eigenvalue weighted by atomic mass is 10.2. The van der Waals surface area contributed by atoms with Crippen molar-refractivity contribution in [2.75, 3.05) is 31.1 Å². The maximum absolute atomic E-state index is 12.6. The molecular weight excluding hydrogens is 392 g/mol. The first-order valence-corrected chi connectivity index (χ1v) is 10.0. The van der Waals surface area contributed by atoms with Gasteiger partial charge in [0.15, 0.2) is 11.5 Å². The van der Waals surface area contributed by atoms with Crippen molar-refractivity contribution in [3.05, 3.63) is 53.5 Å². The van der Waals surface area contributed by atoms with Gasteiger partial charge in [-0.25, -0.2) is 4.98 Å². The Labute approximate surface area is 171 Å². The highest BCUT2D eigenvalue weighted by Crippen LogP contribution is 2.30. The summed E-state index contributed by atoms with van der Waals surface area (Å²) in [7, 11) is 0. The van der Waals surface area contributed by atoms with Crippen molar-refractivity contribution < 1.29 is 19.7 Å². The lowest BCUT2D eigenvalue weighted by Crippen LogP contribution is -2.47. The number of nitrogens with zero attached hydrogens (tertiary/aromatic N) is 3. The summed E-state index contributed by atoms with van der Waals surface area (Å²) in [5, 5.41) is 24.5. The largest absolute Gasteiger partial charge is 0.501 e. The van der Waals surface area contributed by atoms with E-state index in [2.05, 4.69) is 20.2 Å². The van der Waals surface area contributed by atoms with Gasteiger partial charge in [0, 0.05) is 25.3 Å². The van der Waals surface area contributed by atoms with Crippen LogP contribution in [0.2, 0.25) is 0 Å². The average Bonchev–Trinajstić information content (AvgIpc) is 3.30. The van der Waals surface area contributed by atoms with Crippen molar-refractivity contribution in [1.82, 2.24) is 15.3 Å². The number of hydrogen-bond donors (Lipinski definition) is 3. The van der Waals surface area contributed by atoms with Crippen LogP contribution < -0.4 is 10.2 Å². The summed E-state index contributed by atoms with van der Waals surface area (Å²) in [6.07, 6.45) is -0.206. The van der Waals surface area contributed by atoms with Gasteiger partial charge < -0.3 is 25.2 Å². The van der Waals surface area contributed by atoms with Crippen LogP contribution in [0.5, 0.6) is 11.6 Å². The van der Waals surface area contributed by atoms with E-state index in [1.807, 2.05) is 41.8 Å². The lowest BCUT2D eigenvalue weighted by molar-refractivity contribution is 0.0396. The minimum atomic E-state index is -0.640. The fourth-order valence-corrected chi connectivity index (χ4v) is 3.78. The van der Waals surface area contributed by atoms with Crippen LogP contribution >= 0.6 is 11.3 Å². The standard InChI is InChI=1S/C20H20N4O4S/c25-17-16(22-18(23-20(17)27)15-7-4-10-29-15)19(26)21-11-14-12-24(8-9-28-14)13-5-2-1-3-6-13/h1-7,10,14,25H,8-9,11-12H2,(H,21,26)(H,22,23,27). The van der Waals surface area contributed by atoms with E-state index in [1.54, 1.807) is 6.07 Å². The smallest absolute Gasteiger partial charge is 0.274 e. The van der Waals surface area contributed by atoms with Gasteiger partial charge in [-0.05, 0) is 23.6 Å². The van der Waals surface area contributed by atoms with Crippen molar-refractivity contribution in [1.29, 1.82) is 0 Å². The molecule has 4 rings (SSSR count). The van der Waals surface area contributed by atoms with E-state index in [0.29, 0.717) is 18.0 Å². The minimum absolute atomic E-state index is 0.185. The first kappa shape index (κ1) is 19.2. The highest BCUT2D eigenvalue weighted by molar-refractivity contribution is 7.13. The summed E-state index contributed by atoms with van der Waals surface area (Å²) in [4.78, 5) is 23.4. The molecule has 1 unspecified atom stereocenters. The molecule has 8 nitrogen and oxygen atoms in total. The van der Waals surface area contributed by atoms with E-state index in [4.69, 9.17) is 4.74 Å². The molecule has 0 saturated carbocycles. The molecule has 1 fully saturated rings. The second kappa shape index (κ2) is 8.46. The van der Waals surface area contributed by atoms with Gasteiger partial charge in [-0.15, -0.1) is 11.3 Å². The van der Waals surface area contributed by atoms with Crippen LogP contribution in [-0.4, -0.2) is 58.4 Å². The zero-order valence-electron chi connectivity index (χ0n) is 15.5. The molecule has 1 aliphatic rings. The molecule has 3 N–H and O–H groups in total. The molecule has 150 valence electrons. The molecule has 3 aromatic rings. The monoisotopic (exact) mass is 412 g/mol. The average molecular weight is 412 g/mol. The van der Waals surface area contributed by atoms with E-state index in [1.165, 1.54) is 11.3 Å². The number of thiophene rings is 1. The summed E-state index contributed by atoms with van der Waals surface area (Å²) in [6, 6.07) is 13.6. The second-order valence-corrected chi connectivity index (χ2v) is 7.48. The van der Waals surface area contributed by atoms with Crippen LogP contribution in [0.3, 0.4) is 0 Å². The van der Waals surface area contributed by atoms with Crippen LogP contribution in [0.4, 0.5) is 5.69 Å². The molecule has 0 bridgehead atoms. The predicted octanol–water partition coefficient (Wildman–Crippen LogP) is 2.25. The summed E-state index contributed by atoms with van der Waals surface area (Å²) in [6.45, 7) is 2.21. The molecular formula is C20H20N4O4S. The third kappa shape index (κ3) is 4.30. The van der Waals surface area contributed by atoms with Gasteiger partial charge in [0.1, 0.15) is 0 Å². The number of morpholine rings is 1. The number of ether oxygens (including phenoxy) is 1. The number of hydrogen-bond acceptors (Lipinski definition) is 8. The SMILES string of the molecule is O=C(NCC1CN(c2ccccc2)CCO1)c1nc(-c2cccs2)nc(O)c1O. The van der Waals surface area contributed by atoms with Crippen LogP contribution in [0.1, 0.15) is 10.5 Å². The quantitative estimate of drug-likeness (QED) is 0.590. The zero-order chi connectivity index (χ0) is 20.2. The summed E-state index contributed by atoms with van der Waals surface area (Å²) in [5.74, 6) is -1.68. The molecule has 1 amide bonds. The van der Waals surface area contributed by atoms with Crippen molar-refractivity contribution in [3.8, 4) is 22.3 Å². The topological polar surface area (TPSA) is 108 Å². The molecule has 9 heteroatoms. The Morgan fingerprint density at radius 2 is 2.03 bits per heavy atom. The Hall–Kier alpha value is -3.17. The number of amides is 1. The molecule has 2 aromatic heterocycles. The Bertz CT molecular complexity index is 982. The molecule has 1 atom stereocenters. The molecule has 1 aliphatic heterocycles. The Morgan fingerprint density at radius 3 is 2.79 bits per heavy atom. The van der Waals surface area contributed by atoms with Crippen LogP contribution in [-0.2, 0) is 4.74 Å². The third-order valence-corrected chi connectivity index (χ3v) is 5.44. The minimum Gasteiger partial charge on any atom is -0.501 e. The Morgan fingerprint density at radius 1 is 1.21 bits per heavy atom. The lowest BCUT2D eigenvalue weighted by Gasteiger charge is -2.34. The van der Waals surface area contributed by atoms with Crippen molar-refractivity contribution in [3.63, 3.8) is 0 Å². The molecule has 0 spiro atoms.